The smallest absolute Gasteiger partial charge is 0.0614 e. The molecule has 0 rings (SSSR count). The van der Waals surface area contributed by atoms with Crippen LogP contribution in [0.25, 0.3) is 0 Å². The number of aliphatic hydroxyl groups excluding tert-OH is 1. The molecule has 0 saturated carbocycles. The molecule has 0 amide bonds. The van der Waals surface area contributed by atoms with Gasteiger partial charge in [-0.2, -0.15) is 0 Å². The maximum absolute atomic E-state index is 8.29. The Morgan fingerprint density at radius 2 is 1.32 bits per heavy atom. The molecular formula is C17H35NO. The fourth-order valence-electron chi connectivity index (χ4n) is 0.622. The molecule has 0 aromatic carbocycles. The van der Waals surface area contributed by atoms with Gasteiger partial charge in [0.25, 0.3) is 0 Å². The molecule has 3 N–H and O–H groups in total. The van der Waals surface area contributed by atoms with Crippen molar-refractivity contribution in [3.8, 4) is 0 Å². The molecule has 0 aliphatic heterocycles. The van der Waals surface area contributed by atoms with Gasteiger partial charge in [0, 0.05) is 6.54 Å². The highest BCUT2D eigenvalue weighted by Gasteiger charge is 1.77. The largest absolute Gasteiger partial charge is 0.392 e. The zero-order chi connectivity index (χ0) is 15.7. The molecule has 0 aliphatic rings. The number of hydrogen-bond acceptors (Lipinski definition) is 2. The minimum Gasteiger partial charge on any atom is -0.392 e. The fourth-order valence-corrected chi connectivity index (χ4v) is 0.622. The molecule has 19 heavy (non-hydrogen) atoms. The van der Waals surface area contributed by atoms with E-state index in [1.807, 2.05) is 32.9 Å². The second-order valence-corrected chi connectivity index (χ2v) is 4.41. The summed E-state index contributed by atoms with van der Waals surface area (Å²) in [5, 5.41) is 8.29. The zero-order valence-electron chi connectivity index (χ0n) is 14.1. The number of allylic oxidation sites excluding steroid dienone is 4. The summed E-state index contributed by atoms with van der Waals surface area (Å²) in [6.45, 7) is 15.3. The molecule has 2 heteroatoms. The van der Waals surface area contributed by atoms with Crippen LogP contribution < -0.4 is 5.73 Å². The lowest BCUT2D eigenvalue weighted by Crippen LogP contribution is -1.98. The highest BCUT2D eigenvalue weighted by atomic mass is 16.2. The lowest BCUT2D eigenvalue weighted by Gasteiger charge is -1.88. The maximum Gasteiger partial charge on any atom is 0.0614 e. The molecule has 0 saturated heterocycles. The van der Waals surface area contributed by atoms with Crippen LogP contribution in [-0.4, -0.2) is 18.3 Å². The maximum atomic E-state index is 8.29. The van der Waals surface area contributed by atoms with Crippen molar-refractivity contribution in [3.63, 3.8) is 0 Å². The molecule has 0 aliphatic carbocycles. The van der Waals surface area contributed by atoms with Gasteiger partial charge >= 0.3 is 0 Å². The van der Waals surface area contributed by atoms with Crippen molar-refractivity contribution in [1.29, 1.82) is 0 Å². The third-order valence-electron chi connectivity index (χ3n) is 2.86. The fraction of sp³-hybridized carbons (Fsp3) is 0.647. The van der Waals surface area contributed by atoms with Gasteiger partial charge in [-0.05, 0) is 47.5 Å². The average molecular weight is 269 g/mol. The molecule has 0 aromatic heterocycles. The summed E-state index contributed by atoms with van der Waals surface area (Å²) in [5.41, 5.74) is 9.18. The third kappa shape index (κ3) is 26.7. The van der Waals surface area contributed by atoms with E-state index in [-0.39, 0.29) is 6.61 Å². The van der Waals surface area contributed by atoms with Crippen molar-refractivity contribution in [2.24, 2.45) is 5.73 Å². The SMILES string of the molecule is C/C=C(/C)CC.C/C=C(/C)CN.CC/C(C)=C\CO. The molecule has 114 valence electrons. The quantitative estimate of drug-likeness (QED) is 0.732. The Balaban J connectivity index is -0.000000203. The first kappa shape index (κ1) is 23.2. The van der Waals surface area contributed by atoms with E-state index in [0.717, 1.165) is 6.42 Å². The lowest BCUT2D eigenvalue weighted by atomic mass is 10.2. The zero-order valence-corrected chi connectivity index (χ0v) is 14.1. The molecular weight excluding hydrogens is 234 g/mol. The molecule has 0 spiro atoms. The predicted molar refractivity (Wildman–Crippen MR) is 89.3 cm³/mol. The summed E-state index contributed by atoms with van der Waals surface area (Å²) in [5.74, 6) is 0. The van der Waals surface area contributed by atoms with Gasteiger partial charge in [-0.25, -0.2) is 0 Å². The van der Waals surface area contributed by atoms with Crippen molar-refractivity contribution < 1.29 is 5.11 Å². The summed E-state index contributed by atoms with van der Waals surface area (Å²) in [4.78, 5) is 0. The van der Waals surface area contributed by atoms with E-state index in [1.54, 1.807) is 0 Å². The van der Waals surface area contributed by atoms with Gasteiger partial charge in [0.1, 0.15) is 0 Å². The summed E-state index contributed by atoms with van der Waals surface area (Å²) >= 11 is 0. The van der Waals surface area contributed by atoms with E-state index in [1.165, 1.54) is 23.1 Å². The van der Waals surface area contributed by atoms with E-state index >= 15 is 0 Å². The first-order valence-electron chi connectivity index (χ1n) is 7.13. The number of rotatable bonds is 4. The van der Waals surface area contributed by atoms with Crippen LogP contribution in [0, 0.1) is 0 Å². The average Bonchev–Trinajstić information content (AvgIpc) is 2.46. The molecule has 2 nitrogen and oxygen atoms in total. The molecule has 0 atom stereocenters. The first-order chi connectivity index (χ1) is 8.92. The van der Waals surface area contributed by atoms with E-state index in [0.29, 0.717) is 6.54 Å². The Morgan fingerprint density at radius 3 is 1.37 bits per heavy atom. The lowest BCUT2D eigenvalue weighted by molar-refractivity contribution is 0.341. The van der Waals surface area contributed by atoms with Gasteiger partial charge in [-0.3, -0.25) is 0 Å². The Morgan fingerprint density at radius 1 is 0.895 bits per heavy atom. The van der Waals surface area contributed by atoms with Gasteiger partial charge in [0.2, 0.25) is 0 Å². The van der Waals surface area contributed by atoms with Crippen molar-refractivity contribution in [3.05, 3.63) is 34.9 Å². The number of aliphatic hydroxyl groups is 1. The van der Waals surface area contributed by atoms with Gasteiger partial charge in [0.15, 0.2) is 0 Å². The first-order valence-corrected chi connectivity index (χ1v) is 7.13. The van der Waals surface area contributed by atoms with E-state index < -0.39 is 0 Å². The highest BCUT2D eigenvalue weighted by Crippen LogP contribution is 1.95. The van der Waals surface area contributed by atoms with Crippen LogP contribution in [0.5, 0.6) is 0 Å². The Hall–Kier alpha value is -0.860. The predicted octanol–water partition coefficient (Wildman–Crippen LogP) is 4.61. The Bertz CT molecular complexity index is 244. The van der Waals surface area contributed by atoms with Gasteiger partial charge < -0.3 is 10.8 Å². The van der Waals surface area contributed by atoms with Crippen LogP contribution in [0.2, 0.25) is 0 Å². The molecule has 0 fully saturated rings. The van der Waals surface area contributed by atoms with Crippen molar-refractivity contribution in [2.75, 3.05) is 13.2 Å². The second kappa shape index (κ2) is 19.5. The van der Waals surface area contributed by atoms with Crippen molar-refractivity contribution >= 4 is 0 Å². The monoisotopic (exact) mass is 269 g/mol. The molecule has 0 aromatic rings. The van der Waals surface area contributed by atoms with Gasteiger partial charge in [0.05, 0.1) is 6.61 Å². The summed E-state index contributed by atoms with van der Waals surface area (Å²) in [6, 6.07) is 0. The van der Waals surface area contributed by atoms with Gasteiger partial charge in [-0.1, -0.05) is 48.8 Å². The highest BCUT2D eigenvalue weighted by molar-refractivity contribution is 4.96. The normalized spacial score (nSPS) is 12.2. The second-order valence-electron chi connectivity index (χ2n) is 4.41. The molecule has 0 heterocycles. The number of hydrogen-bond donors (Lipinski definition) is 2. The van der Waals surface area contributed by atoms with Crippen LogP contribution in [-0.2, 0) is 0 Å². The van der Waals surface area contributed by atoms with E-state index in [4.69, 9.17) is 10.8 Å². The molecule has 0 unspecified atom stereocenters. The molecule has 0 bridgehead atoms. The minimum absolute atomic E-state index is 0.180. The minimum atomic E-state index is 0.180. The van der Waals surface area contributed by atoms with Gasteiger partial charge in [-0.15, -0.1) is 0 Å². The standard InChI is InChI=1S/C6H12O.C6H12.C5H11N/c1-3-6(2)4-5-7;1-4-6(3)5-2;1-3-5(2)4-6/h4,7H,3,5H2,1-2H3;4H,5H2,1-3H3;3H,4,6H2,1-2H3/b2*6-4-;5-3-. The van der Waals surface area contributed by atoms with Crippen molar-refractivity contribution in [2.45, 2.75) is 61.3 Å². The summed E-state index contributed by atoms with van der Waals surface area (Å²) in [7, 11) is 0. The molecule has 0 radical (unpaired) electrons. The van der Waals surface area contributed by atoms with Crippen LogP contribution in [0.15, 0.2) is 34.9 Å². The summed E-state index contributed by atoms with van der Waals surface area (Å²) in [6.07, 6.45) is 8.21. The Labute approximate surface area is 121 Å². The van der Waals surface area contributed by atoms with Crippen LogP contribution >= 0.6 is 0 Å². The topological polar surface area (TPSA) is 46.2 Å². The number of nitrogens with two attached hydrogens (primary N) is 1. The summed E-state index contributed by atoms with van der Waals surface area (Å²) < 4.78 is 0. The van der Waals surface area contributed by atoms with Crippen molar-refractivity contribution in [1.82, 2.24) is 0 Å². The van der Waals surface area contributed by atoms with E-state index in [2.05, 4.69) is 33.8 Å². The van der Waals surface area contributed by atoms with Crippen LogP contribution in [0.4, 0.5) is 0 Å². The Kier molecular flexibility index (Phi) is 23.8. The van der Waals surface area contributed by atoms with Crippen LogP contribution in [0.3, 0.4) is 0 Å². The van der Waals surface area contributed by atoms with E-state index in [9.17, 15) is 0 Å². The van der Waals surface area contributed by atoms with Crippen LogP contribution in [0.1, 0.15) is 61.3 Å². The third-order valence-corrected chi connectivity index (χ3v) is 2.86.